The highest BCUT2D eigenvalue weighted by molar-refractivity contribution is 9.10. The van der Waals surface area contributed by atoms with E-state index in [1.807, 2.05) is 18.2 Å². The summed E-state index contributed by atoms with van der Waals surface area (Å²) in [5.74, 6) is 1.99. The molecule has 4 heteroatoms. The topological polar surface area (TPSA) is 21.3 Å². The Morgan fingerprint density at radius 1 is 1.17 bits per heavy atom. The van der Waals surface area contributed by atoms with Gasteiger partial charge in [0.15, 0.2) is 0 Å². The minimum absolute atomic E-state index is 0.298. The van der Waals surface area contributed by atoms with Crippen molar-refractivity contribution in [2.75, 3.05) is 19.0 Å². The highest BCUT2D eigenvalue weighted by atomic mass is 79.9. The van der Waals surface area contributed by atoms with E-state index in [9.17, 15) is 0 Å². The van der Waals surface area contributed by atoms with Gasteiger partial charge in [0.2, 0.25) is 0 Å². The fraction of sp³-hybridized carbons (Fsp3) is 0.368. The molecule has 0 heterocycles. The summed E-state index contributed by atoms with van der Waals surface area (Å²) in [7, 11) is 1.68. The molecule has 1 N–H and O–H groups in total. The molecule has 1 saturated carbocycles. The van der Waals surface area contributed by atoms with Crippen LogP contribution >= 0.6 is 27.5 Å². The van der Waals surface area contributed by atoms with Gasteiger partial charge in [-0.1, -0.05) is 53.5 Å². The van der Waals surface area contributed by atoms with Gasteiger partial charge in [0, 0.05) is 16.0 Å². The predicted molar refractivity (Wildman–Crippen MR) is 101 cm³/mol. The van der Waals surface area contributed by atoms with Crippen LogP contribution in [0.25, 0.3) is 0 Å². The maximum atomic E-state index is 6.10. The van der Waals surface area contributed by atoms with Crippen molar-refractivity contribution in [2.24, 2.45) is 11.3 Å². The highest BCUT2D eigenvalue weighted by Gasteiger charge is 2.57. The summed E-state index contributed by atoms with van der Waals surface area (Å²) in [6.07, 6.45) is 0. The first-order valence-electron chi connectivity index (χ1n) is 7.76. The van der Waals surface area contributed by atoms with E-state index in [0.717, 1.165) is 22.5 Å². The smallest absolute Gasteiger partial charge is 0.142 e. The van der Waals surface area contributed by atoms with Crippen molar-refractivity contribution in [3.05, 3.63) is 57.5 Å². The van der Waals surface area contributed by atoms with Crippen molar-refractivity contribution in [1.29, 1.82) is 0 Å². The molecule has 2 aromatic rings. The zero-order chi connectivity index (χ0) is 16.6. The molecule has 0 aliphatic heterocycles. The summed E-state index contributed by atoms with van der Waals surface area (Å²) in [5.41, 5.74) is 2.66. The van der Waals surface area contributed by atoms with Gasteiger partial charge in [-0.15, -0.1) is 0 Å². The third-order valence-electron chi connectivity index (χ3n) is 4.95. The maximum absolute atomic E-state index is 6.10. The van der Waals surface area contributed by atoms with Gasteiger partial charge in [0.25, 0.3) is 0 Å². The van der Waals surface area contributed by atoms with Gasteiger partial charge < -0.3 is 10.1 Å². The van der Waals surface area contributed by atoms with Gasteiger partial charge >= 0.3 is 0 Å². The molecule has 23 heavy (non-hydrogen) atoms. The number of rotatable bonds is 5. The Morgan fingerprint density at radius 3 is 2.52 bits per heavy atom. The van der Waals surface area contributed by atoms with E-state index >= 15 is 0 Å². The Balaban J connectivity index is 1.71. The van der Waals surface area contributed by atoms with E-state index < -0.39 is 0 Å². The van der Waals surface area contributed by atoms with Crippen LogP contribution in [0.3, 0.4) is 0 Å². The van der Waals surface area contributed by atoms with Crippen LogP contribution in [0.1, 0.15) is 25.3 Å². The van der Waals surface area contributed by atoms with E-state index in [1.54, 1.807) is 7.11 Å². The highest BCUT2D eigenvalue weighted by Crippen LogP contribution is 2.64. The minimum Gasteiger partial charge on any atom is -0.495 e. The van der Waals surface area contributed by atoms with Gasteiger partial charge in [-0.05, 0) is 53.1 Å². The number of ether oxygens (including phenoxy) is 1. The molecule has 1 fully saturated rings. The van der Waals surface area contributed by atoms with Crippen LogP contribution in [-0.2, 0) is 0 Å². The van der Waals surface area contributed by atoms with Crippen LogP contribution in [0.4, 0.5) is 5.69 Å². The van der Waals surface area contributed by atoms with Gasteiger partial charge in [0.05, 0.1) is 12.8 Å². The van der Waals surface area contributed by atoms with Crippen molar-refractivity contribution in [1.82, 2.24) is 0 Å². The van der Waals surface area contributed by atoms with Crippen molar-refractivity contribution in [3.63, 3.8) is 0 Å². The lowest BCUT2D eigenvalue weighted by Crippen LogP contribution is -2.08. The van der Waals surface area contributed by atoms with Crippen molar-refractivity contribution in [3.8, 4) is 5.75 Å². The number of hydrogen-bond acceptors (Lipinski definition) is 2. The number of anilines is 1. The van der Waals surface area contributed by atoms with E-state index in [1.165, 1.54) is 5.56 Å². The van der Waals surface area contributed by atoms with Gasteiger partial charge in [-0.3, -0.25) is 0 Å². The van der Waals surface area contributed by atoms with Crippen LogP contribution in [-0.4, -0.2) is 13.7 Å². The first kappa shape index (κ1) is 16.7. The molecule has 0 bridgehead atoms. The number of halogens is 2. The molecule has 0 saturated heterocycles. The summed E-state index contributed by atoms with van der Waals surface area (Å²) in [5, 5.41) is 4.23. The second kappa shape index (κ2) is 6.37. The zero-order valence-electron chi connectivity index (χ0n) is 13.6. The van der Waals surface area contributed by atoms with Crippen LogP contribution in [0.15, 0.2) is 46.9 Å². The van der Waals surface area contributed by atoms with E-state index in [0.29, 0.717) is 22.3 Å². The fourth-order valence-corrected chi connectivity index (χ4v) is 3.93. The van der Waals surface area contributed by atoms with Crippen LogP contribution in [0.2, 0.25) is 5.02 Å². The van der Waals surface area contributed by atoms with Crippen molar-refractivity contribution in [2.45, 2.75) is 19.8 Å². The summed E-state index contributed by atoms with van der Waals surface area (Å²) in [6, 6.07) is 14.3. The molecule has 122 valence electrons. The summed E-state index contributed by atoms with van der Waals surface area (Å²) < 4.78 is 6.53. The molecule has 0 radical (unpaired) electrons. The molecule has 3 rings (SSSR count). The Hall–Kier alpha value is -1.19. The molecule has 1 aliphatic rings. The van der Waals surface area contributed by atoms with Gasteiger partial charge in [-0.2, -0.15) is 0 Å². The third kappa shape index (κ3) is 3.36. The van der Waals surface area contributed by atoms with E-state index in [-0.39, 0.29) is 0 Å². The average Bonchev–Trinajstić information content (AvgIpc) is 3.07. The second-order valence-electron chi connectivity index (χ2n) is 6.68. The van der Waals surface area contributed by atoms with Crippen LogP contribution in [0.5, 0.6) is 5.75 Å². The molecule has 0 unspecified atom stereocenters. The standard InChI is InChI=1S/C19H21BrClNO/c1-19(2)15(18(19)12-4-6-13(20)7-5-12)11-22-16-10-14(21)8-9-17(16)23-3/h4-10,15,18,22H,11H2,1-3H3/t15-,18-/m0/s1. The van der Waals surface area contributed by atoms with Gasteiger partial charge in [-0.25, -0.2) is 0 Å². The molecule has 0 aromatic heterocycles. The Bertz CT molecular complexity index is 699. The first-order chi connectivity index (χ1) is 10.9. The first-order valence-corrected chi connectivity index (χ1v) is 8.93. The molecule has 0 spiro atoms. The molecule has 2 atom stereocenters. The summed E-state index contributed by atoms with van der Waals surface area (Å²) in [4.78, 5) is 0. The van der Waals surface area contributed by atoms with Crippen LogP contribution in [0, 0.1) is 11.3 Å². The Morgan fingerprint density at radius 2 is 1.87 bits per heavy atom. The third-order valence-corrected chi connectivity index (χ3v) is 5.72. The largest absolute Gasteiger partial charge is 0.495 e. The fourth-order valence-electron chi connectivity index (χ4n) is 3.50. The minimum atomic E-state index is 0.298. The summed E-state index contributed by atoms with van der Waals surface area (Å²) >= 11 is 9.60. The lowest BCUT2D eigenvalue weighted by molar-refractivity contribution is 0.416. The number of nitrogens with one attached hydrogen (secondary N) is 1. The van der Waals surface area contributed by atoms with Gasteiger partial charge in [0.1, 0.15) is 5.75 Å². The van der Waals surface area contributed by atoms with Crippen molar-refractivity contribution < 1.29 is 4.74 Å². The predicted octanol–water partition coefficient (Wildman–Crippen LogP) is 5.96. The number of methoxy groups -OCH3 is 1. The normalized spacial score (nSPS) is 21.8. The molecule has 2 nitrogen and oxygen atoms in total. The average molecular weight is 395 g/mol. The molecule has 0 amide bonds. The lowest BCUT2D eigenvalue weighted by atomic mass is 10.0. The van der Waals surface area contributed by atoms with E-state index in [2.05, 4.69) is 59.4 Å². The SMILES string of the molecule is COc1ccc(Cl)cc1NC[C@H]1[C@H](c2ccc(Br)cc2)C1(C)C. The van der Waals surface area contributed by atoms with Crippen LogP contribution < -0.4 is 10.1 Å². The second-order valence-corrected chi connectivity index (χ2v) is 8.03. The Kier molecular flexibility index (Phi) is 4.61. The zero-order valence-corrected chi connectivity index (χ0v) is 15.9. The monoisotopic (exact) mass is 393 g/mol. The molecular weight excluding hydrogens is 374 g/mol. The quantitative estimate of drug-likeness (QED) is 0.675. The Labute approximate surface area is 151 Å². The molecule has 1 aliphatic carbocycles. The number of benzene rings is 2. The molecule has 2 aromatic carbocycles. The van der Waals surface area contributed by atoms with E-state index in [4.69, 9.17) is 16.3 Å². The number of hydrogen-bond donors (Lipinski definition) is 1. The maximum Gasteiger partial charge on any atom is 0.142 e. The van der Waals surface area contributed by atoms with Crippen molar-refractivity contribution >= 4 is 33.2 Å². The summed E-state index contributed by atoms with van der Waals surface area (Å²) in [6.45, 7) is 5.58. The lowest BCUT2D eigenvalue weighted by Gasteiger charge is -2.12. The molecular formula is C19H21BrClNO.